The predicted octanol–water partition coefficient (Wildman–Crippen LogP) is 4.53. The summed E-state index contributed by atoms with van der Waals surface area (Å²) in [6.45, 7) is 3.64. The van der Waals surface area contributed by atoms with Gasteiger partial charge in [0.05, 0.1) is 11.5 Å². The molecule has 176 valence electrons. The summed E-state index contributed by atoms with van der Waals surface area (Å²) in [4.78, 5) is 2.65. The molecule has 1 fully saturated rings. The molecule has 0 amide bonds. The van der Waals surface area contributed by atoms with Crippen LogP contribution in [0.4, 0.5) is 4.39 Å². The maximum Gasteiger partial charge on any atom is 0.243 e. The highest BCUT2D eigenvalue weighted by Gasteiger charge is 2.29. The molecule has 1 saturated heterocycles. The molecular weight excluding hydrogens is 439 g/mol. The summed E-state index contributed by atoms with van der Waals surface area (Å²) in [7, 11) is -2.06. The zero-order chi connectivity index (χ0) is 23.3. The number of sulfonamides is 1. The summed E-state index contributed by atoms with van der Waals surface area (Å²) in [6.07, 6.45) is 2.00. The van der Waals surface area contributed by atoms with Crippen molar-refractivity contribution in [1.82, 2.24) is 9.21 Å². The number of rotatable bonds is 9. The van der Waals surface area contributed by atoms with Crippen LogP contribution in [0.1, 0.15) is 18.4 Å². The molecule has 0 N–H and O–H groups in total. The second-order valence-corrected chi connectivity index (χ2v) is 10.7. The molecule has 1 heterocycles. The minimum absolute atomic E-state index is 0.228. The highest BCUT2D eigenvalue weighted by Crippen LogP contribution is 2.25. The molecule has 1 atom stereocenters. The van der Waals surface area contributed by atoms with E-state index >= 15 is 0 Å². The van der Waals surface area contributed by atoms with Crippen molar-refractivity contribution in [1.29, 1.82) is 0 Å². The Morgan fingerprint density at radius 2 is 1.82 bits per heavy atom. The van der Waals surface area contributed by atoms with Crippen LogP contribution in [0.15, 0.2) is 71.6 Å². The van der Waals surface area contributed by atoms with Crippen molar-refractivity contribution in [3.63, 3.8) is 0 Å². The Morgan fingerprint density at radius 3 is 2.58 bits per heavy atom. The smallest absolute Gasteiger partial charge is 0.243 e. The third kappa shape index (κ3) is 5.98. The summed E-state index contributed by atoms with van der Waals surface area (Å²) in [6, 6.07) is 19.7. The maximum atomic E-state index is 13.6. The molecule has 0 aromatic heterocycles. The van der Waals surface area contributed by atoms with E-state index in [-0.39, 0.29) is 11.7 Å². The topological polar surface area (TPSA) is 49.9 Å². The summed E-state index contributed by atoms with van der Waals surface area (Å²) in [5.74, 6) is -0.00533. The molecule has 7 heteroatoms. The zero-order valence-corrected chi connectivity index (χ0v) is 19.8. The van der Waals surface area contributed by atoms with Crippen LogP contribution in [0.25, 0.3) is 10.8 Å². The Morgan fingerprint density at radius 1 is 1.06 bits per heavy atom. The van der Waals surface area contributed by atoms with Gasteiger partial charge in [0.15, 0.2) is 0 Å². The van der Waals surface area contributed by atoms with Crippen LogP contribution < -0.4 is 0 Å². The number of ether oxygens (including phenoxy) is 1. The zero-order valence-electron chi connectivity index (χ0n) is 19.0. The number of halogens is 1. The first-order valence-electron chi connectivity index (χ1n) is 11.4. The van der Waals surface area contributed by atoms with Gasteiger partial charge in [-0.2, -0.15) is 4.31 Å². The average Bonchev–Trinajstić information content (AvgIpc) is 2.83. The first kappa shape index (κ1) is 23.8. The van der Waals surface area contributed by atoms with Gasteiger partial charge in [0.25, 0.3) is 0 Å². The van der Waals surface area contributed by atoms with Crippen LogP contribution >= 0.6 is 0 Å². The van der Waals surface area contributed by atoms with Gasteiger partial charge in [-0.15, -0.1) is 0 Å². The molecule has 0 aliphatic carbocycles. The van der Waals surface area contributed by atoms with Crippen molar-refractivity contribution in [3.8, 4) is 0 Å². The van der Waals surface area contributed by atoms with E-state index in [0.717, 1.165) is 48.8 Å². The number of nitrogens with zero attached hydrogens (tertiary/aromatic N) is 2. The molecule has 0 saturated carbocycles. The number of benzene rings is 3. The largest absolute Gasteiger partial charge is 0.383 e. The van der Waals surface area contributed by atoms with Crippen molar-refractivity contribution < 1.29 is 17.5 Å². The highest BCUT2D eigenvalue weighted by molar-refractivity contribution is 7.89. The van der Waals surface area contributed by atoms with Crippen LogP contribution in [0.3, 0.4) is 0 Å². The Balaban J connectivity index is 1.49. The van der Waals surface area contributed by atoms with E-state index in [0.29, 0.717) is 24.6 Å². The average molecular weight is 471 g/mol. The van der Waals surface area contributed by atoms with Crippen molar-refractivity contribution in [3.05, 3.63) is 78.1 Å². The molecule has 0 bridgehead atoms. The Labute approximate surface area is 195 Å². The van der Waals surface area contributed by atoms with E-state index in [9.17, 15) is 12.8 Å². The summed E-state index contributed by atoms with van der Waals surface area (Å²) in [5.41, 5.74) is 1.07. The fourth-order valence-corrected chi connectivity index (χ4v) is 6.10. The summed E-state index contributed by atoms with van der Waals surface area (Å²) < 4.78 is 47.2. The lowest BCUT2D eigenvalue weighted by atomic mass is 9.97. The second kappa shape index (κ2) is 10.7. The van der Waals surface area contributed by atoms with Gasteiger partial charge in [-0.25, -0.2) is 12.8 Å². The molecule has 0 spiro atoms. The van der Waals surface area contributed by atoms with Crippen molar-refractivity contribution >= 4 is 20.8 Å². The summed E-state index contributed by atoms with van der Waals surface area (Å²) in [5, 5.41) is 1.93. The number of likely N-dealkylation sites (tertiary alicyclic amines) is 1. The lowest BCUT2D eigenvalue weighted by molar-refractivity contribution is 0.135. The predicted molar refractivity (Wildman–Crippen MR) is 129 cm³/mol. The van der Waals surface area contributed by atoms with Gasteiger partial charge in [-0.1, -0.05) is 42.5 Å². The Bertz CT molecular complexity index is 1170. The Kier molecular flexibility index (Phi) is 7.75. The van der Waals surface area contributed by atoms with E-state index in [2.05, 4.69) is 4.90 Å². The van der Waals surface area contributed by atoms with Gasteiger partial charge in [-0.3, -0.25) is 4.90 Å². The minimum atomic E-state index is -3.65. The molecule has 4 rings (SSSR count). The highest BCUT2D eigenvalue weighted by atomic mass is 32.2. The lowest BCUT2D eigenvalue weighted by Gasteiger charge is -2.35. The summed E-state index contributed by atoms with van der Waals surface area (Å²) >= 11 is 0. The standard InChI is InChI=1S/C26H31FN2O3S/c1-32-16-15-29(33(30,31)26-13-10-23-6-2-3-7-24(23)17-26)20-22-5-4-14-28(19-22)18-21-8-11-25(27)12-9-21/h2-3,6-13,17,22H,4-5,14-16,18-20H2,1H3. The molecule has 1 unspecified atom stereocenters. The Hall–Kier alpha value is -2.32. The van der Waals surface area contributed by atoms with Gasteiger partial charge >= 0.3 is 0 Å². The second-order valence-electron chi connectivity index (χ2n) is 8.73. The quantitative estimate of drug-likeness (QED) is 0.461. The van der Waals surface area contributed by atoms with Gasteiger partial charge < -0.3 is 4.74 Å². The van der Waals surface area contributed by atoms with Gasteiger partial charge in [0, 0.05) is 33.3 Å². The molecule has 3 aromatic rings. The third-order valence-corrected chi connectivity index (χ3v) is 8.15. The number of hydrogen-bond donors (Lipinski definition) is 0. The van der Waals surface area contributed by atoms with E-state index in [1.54, 1.807) is 23.5 Å². The SMILES string of the molecule is COCCN(CC1CCCN(Cc2ccc(F)cc2)C1)S(=O)(=O)c1ccc2ccccc2c1. The molecule has 0 radical (unpaired) electrons. The fourth-order valence-electron chi connectivity index (χ4n) is 4.56. The maximum absolute atomic E-state index is 13.6. The molecule has 5 nitrogen and oxygen atoms in total. The number of methoxy groups -OCH3 is 1. The van der Waals surface area contributed by atoms with Crippen LogP contribution in [-0.4, -0.2) is 57.5 Å². The van der Waals surface area contributed by atoms with E-state index in [1.165, 1.54) is 12.1 Å². The number of piperidine rings is 1. The normalized spacial score (nSPS) is 17.6. The van der Waals surface area contributed by atoms with Crippen molar-refractivity contribution in [2.24, 2.45) is 5.92 Å². The van der Waals surface area contributed by atoms with Crippen molar-refractivity contribution in [2.75, 3.05) is 39.9 Å². The molecule has 33 heavy (non-hydrogen) atoms. The molecule has 1 aliphatic rings. The number of fused-ring (bicyclic) bond motifs is 1. The molecule has 3 aromatic carbocycles. The van der Waals surface area contributed by atoms with Crippen LogP contribution in [-0.2, 0) is 21.3 Å². The van der Waals surface area contributed by atoms with Gasteiger partial charge in [0.1, 0.15) is 5.82 Å². The van der Waals surface area contributed by atoms with Crippen LogP contribution in [0.2, 0.25) is 0 Å². The molecule has 1 aliphatic heterocycles. The first-order valence-corrected chi connectivity index (χ1v) is 12.8. The van der Waals surface area contributed by atoms with E-state index < -0.39 is 10.0 Å². The third-order valence-electron chi connectivity index (χ3n) is 6.29. The van der Waals surface area contributed by atoms with Crippen molar-refractivity contribution in [2.45, 2.75) is 24.3 Å². The van der Waals surface area contributed by atoms with Crippen LogP contribution in [0.5, 0.6) is 0 Å². The van der Waals surface area contributed by atoms with Crippen LogP contribution in [0, 0.1) is 11.7 Å². The van der Waals surface area contributed by atoms with E-state index in [1.807, 2.05) is 42.5 Å². The monoisotopic (exact) mass is 470 g/mol. The van der Waals surface area contributed by atoms with Gasteiger partial charge in [0.2, 0.25) is 10.0 Å². The lowest BCUT2D eigenvalue weighted by Crippen LogP contribution is -2.43. The minimum Gasteiger partial charge on any atom is -0.383 e. The first-order chi connectivity index (χ1) is 16.0. The number of hydrogen-bond acceptors (Lipinski definition) is 4. The van der Waals surface area contributed by atoms with E-state index in [4.69, 9.17) is 4.74 Å². The fraction of sp³-hybridized carbons (Fsp3) is 0.385. The van der Waals surface area contributed by atoms with Gasteiger partial charge in [-0.05, 0) is 65.9 Å². The molecular formula is C26H31FN2O3S.